The molecule has 2 aliphatic rings. The summed E-state index contributed by atoms with van der Waals surface area (Å²) in [5, 5.41) is 13.7. The van der Waals surface area contributed by atoms with Gasteiger partial charge in [0.2, 0.25) is 11.6 Å². The third-order valence-corrected chi connectivity index (χ3v) is 4.83. The minimum absolute atomic E-state index is 0.0230. The zero-order chi connectivity index (χ0) is 17.1. The van der Waals surface area contributed by atoms with Crippen molar-refractivity contribution in [2.75, 3.05) is 50.1 Å². The Bertz CT molecular complexity index is 589. The maximum Gasteiger partial charge on any atom is 0.354 e. The van der Waals surface area contributed by atoms with Gasteiger partial charge in [-0.2, -0.15) is 0 Å². The third-order valence-electron chi connectivity index (χ3n) is 4.83. The summed E-state index contributed by atoms with van der Waals surface area (Å²) < 4.78 is 0. The molecule has 24 heavy (non-hydrogen) atoms. The van der Waals surface area contributed by atoms with E-state index < -0.39 is 0 Å². The Balaban J connectivity index is 1.86. The molecule has 0 bridgehead atoms. The summed E-state index contributed by atoms with van der Waals surface area (Å²) >= 11 is 0. The minimum Gasteiger partial charge on any atom is -0.348 e. The van der Waals surface area contributed by atoms with Gasteiger partial charge in [-0.15, -0.1) is 0 Å². The Labute approximate surface area is 141 Å². The van der Waals surface area contributed by atoms with Crippen molar-refractivity contribution in [1.29, 1.82) is 0 Å². The molecule has 3 heterocycles. The topological polar surface area (TPSA) is 90.7 Å². The van der Waals surface area contributed by atoms with E-state index in [1.54, 1.807) is 0 Å². The first kappa shape index (κ1) is 16.8. The van der Waals surface area contributed by atoms with E-state index in [2.05, 4.69) is 34.3 Å². The van der Waals surface area contributed by atoms with Gasteiger partial charge in [-0.1, -0.05) is 0 Å². The number of nitrogens with one attached hydrogen (secondary N) is 1. The van der Waals surface area contributed by atoms with Gasteiger partial charge in [-0.25, -0.2) is 15.0 Å². The summed E-state index contributed by atoms with van der Waals surface area (Å²) in [5.74, 6) is 0.714. The second-order valence-electron chi connectivity index (χ2n) is 6.59. The van der Waals surface area contributed by atoms with Gasteiger partial charge < -0.3 is 9.80 Å². The molecule has 1 atom stereocenters. The van der Waals surface area contributed by atoms with E-state index in [4.69, 9.17) is 0 Å². The largest absolute Gasteiger partial charge is 0.354 e. The van der Waals surface area contributed by atoms with Crippen LogP contribution in [-0.4, -0.2) is 70.6 Å². The zero-order valence-electron chi connectivity index (χ0n) is 14.3. The van der Waals surface area contributed by atoms with Crippen LogP contribution < -0.4 is 10.3 Å². The van der Waals surface area contributed by atoms with Crippen LogP contribution in [0.15, 0.2) is 6.33 Å². The van der Waals surface area contributed by atoms with Gasteiger partial charge in [0.15, 0.2) is 0 Å². The molecule has 2 saturated heterocycles. The van der Waals surface area contributed by atoms with Crippen LogP contribution in [0.25, 0.3) is 0 Å². The van der Waals surface area contributed by atoms with E-state index in [-0.39, 0.29) is 22.5 Å². The Hall–Kier alpha value is -2.00. The number of hydrazine groups is 1. The Morgan fingerprint density at radius 1 is 1.21 bits per heavy atom. The summed E-state index contributed by atoms with van der Waals surface area (Å²) in [6.07, 6.45) is 4.64. The first-order chi connectivity index (χ1) is 11.6. The van der Waals surface area contributed by atoms with E-state index in [1.807, 2.05) is 9.91 Å². The number of piperidine rings is 1. The second-order valence-corrected chi connectivity index (χ2v) is 6.59. The minimum atomic E-state index is -0.366. The average molecular weight is 335 g/mol. The lowest BCUT2D eigenvalue weighted by Crippen LogP contribution is -2.47. The van der Waals surface area contributed by atoms with Crippen molar-refractivity contribution in [2.45, 2.75) is 32.2 Å². The normalized spacial score (nSPS) is 23.2. The van der Waals surface area contributed by atoms with E-state index >= 15 is 0 Å². The highest BCUT2D eigenvalue weighted by Crippen LogP contribution is 2.35. The van der Waals surface area contributed by atoms with Crippen molar-refractivity contribution in [3.05, 3.63) is 16.4 Å². The maximum absolute atomic E-state index is 11.7. The molecule has 1 unspecified atom stereocenters. The van der Waals surface area contributed by atoms with Crippen molar-refractivity contribution in [1.82, 2.24) is 19.9 Å². The lowest BCUT2D eigenvalue weighted by molar-refractivity contribution is -0.383. The van der Waals surface area contributed by atoms with Crippen LogP contribution in [0.4, 0.5) is 17.3 Å². The van der Waals surface area contributed by atoms with Gasteiger partial charge in [-0.05, 0) is 33.2 Å². The summed E-state index contributed by atoms with van der Waals surface area (Å²) in [5.41, 5.74) is 3.11. The van der Waals surface area contributed by atoms with E-state index in [1.165, 1.54) is 6.33 Å². The molecule has 3 rings (SSSR count). The van der Waals surface area contributed by atoms with Crippen molar-refractivity contribution < 1.29 is 4.92 Å². The molecule has 2 aliphatic heterocycles. The van der Waals surface area contributed by atoms with Crippen LogP contribution in [0.3, 0.4) is 0 Å². The van der Waals surface area contributed by atoms with Crippen LogP contribution in [0.5, 0.6) is 0 Å². The van der Waals surface area contributed by atoms with Gasteiger partial charge in [0.05, 0.1) is 4.92 Å². The molecule has 2 fully saturated rings. The number of hydrogen-bond acceptors (Lipinski definition) is 8. The monoisotopic (exact) mass is 335 g/mol. The number of likely N-dealkylation sites (N-methyl/N-ethyl adjacent to an activating group) is 1. The summed E-state index contributed by atoms with van der Waals surface area (Å²) in [7, 11) is 2.07. The van der Waals surface area contributed by atoms with E-state index in [0.717, 1.165) is 52.0 Å². The molecule has 1 aromatic rings. The SMILES string of the molecule is CC1CCCCN1c1ncnc(NN2CCN(C)CC2)c1[N+](=O)[O-]. The Kier molecular flexibility index (Phi) is 5.10. The Morgan fingerprint density at radius 3 is 2.62 bits per heavy atom. The molecule has 1 N–H and O–H groups in total. The molecular formula is C15H25N7O2. The van der Waals surface area contributed by atoms with Crippen LogP contribution in [0, 0.1) is 10.1 Å². The quantitative estimate of drug-likeness (QED) is 0.651. The zero-order valence-corrected chi connectivity index (χ0v) is 14.3. The fourth-order valence-electron chi connectivity index (χ4n) is 3.31. The molecule has 1 aromatic heterocycles. The number of nitrogens with zero attached hydrogens (tertiary/aromatic N) is 6. The molecule has 9 nitrogen and oxygen atoms in total. The number of anilines is 2. The summed E-state index contributed by atoms with van der Waals surface area (Å²) in [6, 6.07) is 0.254. The highest BCUT2D eigenvalue weighted by molar-refractivity contribution is 5.70. The molecule has 0 saturated carbocycles. The van der Waals surface area contributed by atoms with E-state index in [9.17, 15) is 10.1 Å². The summed E-state index contributed by atoms with van der Waals surface area (Å²) in [4.78, 5) is 24.0. The summed E-state index contributed by atoms with van der Waals surface area (Å²) in [6.45, 7) is 6.33. The molecule has 0 aliphatic carbocycles. The van der Waals surface area contributed by atoms with Gasteiger partial charge in [0, 0.05) is 38.8 Å². The maximum atomic E-state index is 11.7. The van der Waals surface area contributed by atoms with E-state index in [0.29, 0.717) is 5.82 Å². The predicted molar refractivity (Wildman–Crippen MR) is 92.0 cm³/mol. The molecule has 9 heteroatoms. The average Bonchev–Trinajstić information content (AvgIpc) is 2.57. The highest BCUT2D eigenvalue weighted by Gasteiger charge is 2.31. The van der Waals surface area contributed by atoms with Gasteiger partial charge in [-0.3, -0.25) is 15.5 Å². The van der Waals surface area contributed by atoms with Crippen LogP contribution in [0.1, 0.15) is 26.2 Å². The van der Waals surface area contributed by atoms with Crippen LogP contribution in [-0.2, 0) is 0 Å². The van der Waals surface area contributed by atoms with Crippen molar-refractivity contribution in [2.24, 2.45) is 0 Å². The number of piperazine rings is 1. The number of hydrogen-bond donors (Lipinski definition) is 1. The van der Waals surface area contributed by atoms with Crippen LogP contribution >= 0.6 is 0 Å². The number of rotatable bonds is 4. The molecule has 0 aromatic carbocycles. The van der Waals surface area contributed by atoms with Gasteiger partial charge in [0.25, 0.3) is 0 Å². The van der Waals surface area contributed by atoms with Crippen LogP contribution in [0.2, 0.25) is 0 Å². The predicted octanol–water partition coefficient (Wildman–Crippen LogP) is 1.34. The van der Waals surface area contributed by atoms with Crippen molar-refractivity contribution in [3.63, 3.8) is 0 Å². The highest BCUT2D eigenvalue weighted by atomic mass is 16.6. The fraction of sp³-hybridized carbons (Fsp3) is 0.733. The molecule has 0 amide bonds. The number of aromatic nitrogens is 2. The smallest absolute Gasteiger partial charge is 0.348 e. The van der Waals surface area contributed by atoms with Crippen molar-refractivity contribution in [3.8, 4) is 0 Å². The van der Waals surface area contributed by atoms with Gasteiger partial charge >= 0.3 is 5.69 Å². The molecule has 0 spiro atoms. The third kappa shape index (κ3) is 3.57. The number of nitro groups is 1. The first-order valence-electron chi connectivity index (χ1n) is 8.52. The molecule has 0 radical (unpaired) electrons. The standard InChI is InChI=1S/C15H25N7O2/c1-12-5-3-4-6-21(12)15-13(22(23)24)14(16-11-17-15)18-20-9-7-19(2)8-10-20/h11-12H,3-10H2,1-2H3,(H,16,17,18). The second kappa shape index (κ2) is 7.27. The van der Waals surface area contributed by atoms with Crippen molar-refractivity contribution >= 4 is 17.3 Å². The molecule has 132 valence electrons. The lowest BCUT2D eigenvalue weighted by Gasteiger charge is -2.35. The molecular weight excluding hydrogens is 310 g/mol. The Morgan fingerprint density at radius 2 is 1.96 bits per heavy atom. The van der Waals surface area contributed by atoms with Gasteiger partial charge in [0.1, 0.15) is 6.33 Å². The fourth-order valence-corrected chi connectivity index (χ4v) is 3.31. The lowest BCUT2D eigenvalue weighted by atomic mass is 10.0. The first-order valence-corrected chi connectivity index (χ1v) is 8.52.